The molecule has 1 amide bonds. The van der Waals surface area contributed by atoms with Gasteiger partial charge in [0.2, 0.25) is 0 Å². The molecule has 1 aromatic heterocycles. The van der Waals surface area contributed by atoms with Gasteiger partial charge in [-0.25, -0.2) is 4.79 Å². The fourth-order valence-corrected chi connectivity index (χ4v) is 2.15. The summed E-state index contributed by atoms with van der Waals surface area (Å²) in [7, 11) is 1.67. The molecule has 1 aliphatic rings. The third-order valence-electron chi connectivity index (χ3n) is 3.51. The number of aryl methyl sites for hydroxylation is 1. The van der Waals surface area contributed by atoms with Crippen LogP contribution in [0.4, 0.5) is 0 Å². The van der Waals surface area contributed by atoms with E-state index < -0.39 is 17.4 Å². The normalized spacial score (nSPS) is 22.2. The van der Waals surface area contributed by atoms with Gasteiger partial charge in [-0.1, -0.05) is 13.8 Å². The van der Waals surface area contributed by atoms with Crippen LogP contribution in [0.1, 0.15) is 42.4 Å². The van der Waals surface area contributed by atoms with Crippen LogP contribution in [0, 0.1) is 0 Å². The largest absolute Gasteiger partial charge is 0.479 e. The summed E-state index contributed by atoms with van der Waals surface area (Å²) >= 11 is 0. The van der Waals surface area contributed by atoms with Gasteiger partial charge >= 0.3 is 5.97 Å². The number of hydrogen-bond donors (Lipinski definition) is 2. The first-order chi connectivity index (χ1) is 9.35. The molecule has 7 nitrogen and oxygen atoms in total. The molecule has 0 aromatic carbocycles. The minimum atomic E-state index is -1.33. The Bertz CT molecular complexity index is 530. The van der Waals surface area contributed by atoms with Gasteiger partial charge in [-0.2, -0.15) is 5.10 Å². The van der Waals surface area contributed by atoms with E-state index in [1.165, 1.54) is 4.68 Å². The summed E-state index contributed by atoms with van der Waals surface area (Å²) < 4.78 is 6.58. The van der Waals surface area contributed by atoms with Crippen molar-refractivity contribution >= 4 is 11.9 Å². The number of carboxylic acids is 1. The number of aromatic nitrogens is 2. The quantitative estimate of drug-likeness (QED) is 0.839. The maximum Gasteiger partial charge on any atom is 0.331 e. The number of carbonyl (C=O) groups excluding carboxylic acids is 1. The van der Waals surface area contributed by atoms with E-state index in [2.05, 4.69) is 10.4 Å². The van der Waals surface area contributed by atoms with Crippen molar-refractivity contribution in [2.24, 2.45) is 7.05 Å². The highest BCUT2D eigenvalue weighted by molar-refractivity contribution is 5.96. The van der Waals surface area contributed by atoms with Crippen molar-refractivity contribution in [3.05, 3.63) is 17.5 Å². The lowest BCUT2D eigenvalue weighted by atomic mass is 9.99. The maximum atomic E-state index is 12.3. The molecule has 0 spiro atoms. The minimum absolute atomic E-state index is 0.0109. The van der Waals surface area contributed by atoms with Crippen molar-refractivity contribution in [1.29, 1.82) is 0 Å². The highest BCUT2D eigenvalue weighted by Gasteiger charge is 2.44. The summed E-state index contributed by atoms with van der Waals surface area (Å²) in [6, 6.07) is 1.69. The third-order valence-corrected chi connectivity index (χ3v) is 3.51. The molecule has 0 radical (unpaired) electrons. The monoisotopic (exact) mass is 281 g/mol. The van der Waals surface area contributed by atoms with Crippen LogP contribution in [0.15, 0.2) is 6.07 Å². The van der Waals surface area contributed by atoms with E-state index in [1.807, 2.05) is 13.8 Å². The van der Waals surface area contributed by atoms with Crippen LogP contribution >= 0.6 is 0 Å². The van der Waals surface area contributed by atoms with Gasteiger partial charge in [0.15, 0.2) is 5.54 Å². The van der Waals surface area contributed by atoms with Crippen molar-refractivity contribution < 1.29 is 19.4 Å². The average molecular weight is 281 g/mol. The van der Waals surface area contributed by atoms with Gasteiger partial charge in [0.05, 0.1) is 12.3 Å². The minimum Gasteiger partial charge on any atom is -0.479 e. The molecular formula is C13H19N3O4. The van der Waals surface area contributed by atoms with Crippen molar-refractivity contribution in [2.75, 3.05) is 13.2 Å². The second kappa shape index (κ2) is 5.24. The fraction of sp³-hybridized carbons (Fsp3) is 0.615. The molecule has 20 heavy (non-hydrogen) atoms. The van der Waals surface area contributed by atoms with Gasteiger partial charge in [0, 0.05) is 20.1 Å². The Balaban J connectivity index is 2.21. The lowest BCUT2D eigenvalue weighted by Crippen LogP contribution is -2.55. The van der Waals surface area contributed by atoms with Gasteiger partial charge < -0.3 is 15.2 Å². The maximum absolute atomic E-state index is 12.3. The number of hydrogen-bond acceptors (Lipinski definition) is 4. The topological polar surface area (TPSA) is 93.5 Å². The molecule has 1 aromatic rings. The molecule has 7 heteroatoms. The number of carbonyl (C=O) groups is 2. The first kappa shape index (κ1) is 14.5. The van der Waals surface area contributed by atoms with Crippen LogP contribution in [-0.4, -0.2) is 45.5 Å². The van der Waals surface area contributed by atoms with Gasteiger partial charge in [0.25, 0.3) is 5.91 Å². The van der Waals surface area contributed by atoms with Gasteiger partial charge in [0.1, 0.15) is 5.69 Å². The van der Waals surface area contributed by atoms with E-state index in [-0.39, 0.29) is 18.9 Å². The van der Waals surface area contributed by atoms with Crippen LogP contribution in [0.25, 0.3) is 0 Å². The van der Waals surface area contributed by atoms with E-state index in [9.17, 15) is 14.7 Å². The fourth-order valence-electron chi connectivity index (χ4n) is 2.15. The molecule has 2 N–H and O–H groups in total. The average Bonchev–Trinajstić information content (AvgIpc) is 2.96. The summed E-state index contributed by atoms with van der Waals surface area (Å²) in [6.45, 7) is 4.28. The standard InChI is InChI=1S/C13H19N3O4/c1-8(2)9-6-10(16(3)15-9)11(17)14-13(12(18)19)4-5-20-7-13/h6,8H,4-5,7H2,1-3H3,(H,14,17)(H,18,19). The third kappa shape index (κ3) is 2.53. The Morgan fingerprint density at radius 3 is 2.70 bits per heavy atom. The van der Waals surface area contributed by atoms with Crippen molar-refractivity contribution in [3.63, 3.8) is 0 Å². The molecular weight excluding hydrogens is 262 g/mol. The summed E-state index contributed by atoms with van der Waals surface area (Å²) in [6.07, 6.45) is 0.267. The summed E-state index contributed by atoms with van der Waals surface area (Å²) in [5.41, 5.74) is -0.190. The van der Waals surface area contributed by atoms with Gasteiger partial charge in [-0.3, -0.25) is 9.48 Å². The molecule has 0 aliphatic carbocycles. The molecule has 1 aliphatic heterocycles. The van der Waals surface area contributed by atoms with Gasteiger partial charge in [-0.05, 0) is 12.0 Å². The summed E-state index contributed by atoms with van der Waals surface area (Å²) in [5, 5.41) is 16.1. The first-order valence-corrected chi connectivity index (χ1v) is 6.53. The van der Waals surface area contributed by atoms with Crippen LogP contribution in [0.3, 0.4) is 0 Å². The highest BCUT2D eigenvalue weighted by atomic mass is 16.5. The molecule has 1 fully saturated rings. The van der Waals surface area contributed by atoms with Crippen molar-refractivity contribution in [2.45, 2.75) is 31.7 Å². The Labute approximate surface area is 116 Å². The van der Waals surface area contributed by atoms with E-state index >= 15 is 0 Å². The zero-order valence-electron chi connectivity index (χ0n) is 11.8. The highest BCUT2D eigenvalue weighted by Crippen LogP contribution is 2.20. The molecule has 1 unspecified atom stereocenters. The second-order valence-corrected chi connectivity index (χ2v) is 5.38. The molecule has 1 saturated heterocycles. The lowest BCUT2D eigenvalue weighted by Gasteiger charge is -2.23. The van der Waals surface area contributed by atoms with Crippen LogP contribution in [-0.2, 0) is 16.6 Å². The second-order valence-electron chi connectivity index (χ2n) is 5.38. The van der Waals surface area contributed by atoms with Crippen molar-refractivity contribution in [1.82, 2.24) is 15.1 Å². The SMILES string of the molecule is CC(C)c1cc(C(=O)NC2(C(=O)O)CCOC2)n(C)n1. The molecule has 0 saturated carbocycles. The number of amides is 1. The molecule has 110 valence electrons. The summed E-state index contributed by atoms with van der Waals surface area (Å²) in [5.74, 6) is -1.32. The molecule has 2 rings (SSSR count). The van der Waals surface area contributed by atoms with E-state index in [0.29, 0.717) is 12.3 Å². The van der Waals surface area contributed by atoms with Crippen LogP contribution < -0.4 is 5.32 Å². The van der Waals surface area contributed by atoms with E-state index in [0.717, 1.165) is 5.69 Å². The number of ether oxygens (including phenoxy) is 1. The van der Waals surface area contributed by atoms with Crippen LogP contribution in [0.2, 0.25) is 0 Å². The Morgan fingerprint density at radius 2 is 2.25 bits per heavy atom. The predicted molar refractivity (Wildman–Crippen MR) is 70.6 cm³/mol. The molecule has 1 atom stereocenters. The molecule has 0 bridgehead atoms. The van der Waals surface area contributed by atoms with Gasteiger partial charge in [-0.15, -0.1) is 0 Å². The zero-order chi connectivity index (χ0) is 14.9. The Morgan fingerprint density at radius 1 is 1.55 bits per heavy atom. The van der Waals surface area contributed by atoms with E-state index in [1.54, 1.807) is 13.1 Å². The number of nitrogens with zero attached hydrogens (tertiary/aromatic N) is 2. The Kier molecular flexibility index (Phi) is 3.80. The van der Waals surface area contributed by atoms with Crippen LogP contribution in [0.5, 0.6) is 0 Å². The summed E-state index contributed by atoms with van der Waals surface area (Å²) in [4.78, 5) is 23.6. The number of nitrogens with one attached hydrogen (secondary N) is 1. The number of aliphatic carboxylic acids is 1. The zero-order valence-corrected chi connectivity index (χ0v) is 11.8. The first-order valence-electron chi connectivity index (χ1n) is 6.53. The smallest absolute Gasteiger partial charge is 0.331 e. The Hall–Kier alpha value is -1.89. The lowest BCUT2D eigenvalue weighted by molar-refractivity contribution is -0.144. The number of rotatable bonds is 4. The van der Waals surface area contributed by atoms with Crippen molar-refractivity contribution in [3.8, 4) is 0 Å². The molecule has 2 heterocycles. The number of carboxylic acid groups (broad SMARTS) is 1. The van der Waals surface area contributed by atoms with E-state index in [4.69, 9.17) is 4.74 Å². The predicted octanol–water partition coefficient (Wildman–Crippen LogP) is 0.517.